The standard InChI is InChI=1S/C7H12O3/c1-7(2)6(9)5(8)3-4-10-7/h6,9H,3-4H2,1-2H3. The van der Waals surface area contributed by atoms with Gasteiger partial charge >= 0.3 is 0 Å². The number of aliphatic hydroxyl groups is 1. The highest BCUT2D eigenvalue weighted by molar-refractivity contribution is 5.84. The molecular weight excluding hydrogens is 132 g/mol. The van der Waals surface area contributed by atoms with Crippen LogP contribution in [0, 0.1) is 0 Å². The molecular formula is C7H12O3. The van der Waals surface area contributed by atoms with Crippen molar-refractivity contribution >= 4 is 5.78 Å². The van der Waals surface area contributed by atoms with Crippen molar-refractivity contribution in [2.45, 2.75) is 32.0 Å². The molecule has 3 heteroatoms. The molecule has 0 aromatic heterocycles. The van der Waals surface area contributed by atoms with Crippen LogP contribution in [-0.2, 0) is 9.53 Å². The number of aliphatic hydroxyl groups excluding tert-OH is 1. The second-order valence-corrected chi connectivity index (χ2v) is 3.07. The maximum atomic E-state index is 10.9. The molecule has 0 aromatic rings. The fourth-order valence-corrected chi connectivity index (χ4v) is 1.02. The first kappa shape index (κ1) is 7.69. The highest BCUT2D eigenvalue weighted by Gasteiger charge is 2.37. The van der Waals surface area contributed by atoms with E-state index in [1.54, 1.807) is 13.8 Å². The van der Waals surface area contributed by atoms with E-state index in [4.69, 9.17) is 4.74 Å². The van der Waals surface area contributed by atoms with Gasteiger partial charge in [-0.1, -0.05) is 0 Å². The van der Waals surface area contributed by atoms with Gasteiger partial charge in [-0.25, -0.2) is 0 Å². The largest absolute Gasteiger partial charge is 0.382 e. The van der Waals surface area contributed by atoms with Gasteiger partial charge in [-0.2, -0.15) is 0 Å². The van der Waals surface area contributed by atoms with Gasteiger partial charge in [0.25, 0.3) is 0 Å². The number of Topliss-reactive ketones (excluding diaryl/α,β-unsaturated/α-hetero) is 1. The van der Waals surface area contributed by atoms with Crippen molar-refractivity contribution in [1.29, 1.82) is 0 Å². The second kappa shape index (κ2) is 2.32. The maximum absolute atomic E-state index is 10.9. The predicted molar refractivity (Wildman–Crippen MR) is 35.7 cm³/mol. The molecule has 1 unspecified atom stereocenters. The van der Waals surface area contributed by atoms with Crippen LogP contribution in [0.2, 0.25) is 0 Å². The fraction of sp³-hybridized carbons (Fsp3) is 0.857. The molecule has 0 aliphatic carbocycles. The lowest BCUT2D eigenvalue weighted by Crippen LogP contribution is -2.48. The Bertz CT molecular complexity index is 151. The van der Waals surface area contributed by atoms with Gasteiger partial charge in [0.2, 0.25) is 0 Å². The van der Waals surface area contributed by atoms with Crippen molar-refractivity contribution in [3.8, 4) is 0 Å². The molecule has 1 rings (SSSR count). The lowest BCUT2D eigenvalue weighted by molar-refractivity contribution is -0.162. The predicted octanol–water partition coefficient (Wildman–Crippen LogP) is 0.115. The Morgan fingerprint density at radius 2 is 2.30 bits per heavy atom. The van der Waals surface area contributed by atoms with Gasteiger partial charge in [-0.3, -0.25) is 4.79 Å². The molecule has 58 valence electrons. The molecule has 1 heterocycles. The molecule has 0 radical (unpaired) electrons. The molecule has 1 aliphatic heterocycles. The number of carbonyl (C=O) groups excluding carboxylic acids is 1. The lowest BCUT2D eigenvalue weighted by Gasteiger charge is -2.33. The second-order valence-electron chi connectivity index (χ2n) is 3.07. The van der Waals surface area contributed by atoms with Crippen molar-refractivity contribution in [3.05, 3.63) is 0 Å². The zero-order valence-corrected chi connectivity index (χ0v) is 6.26. The highest BCUT2D eigenvalue weighted by Crippen LogP contribution is 2.21. The fourth-order valence-electron chi connectivity index (χ4n) is 1.02. The van der Waals surface area contributed by atoms with Crippen molar-refractivity contribution in [2.24, 2.45) is 0 Å². The van der Waals surface area contributed by atoms with Gasteiger partial charge in [0.1, 0.15) is 6.10 Å². The highest BCUT2D eigenvalue weighted by atomic mass is 16.5. The number of rotatable bonds is 0. The molecule has 10 heavy (non-hydrogen) atoms. The van der Waals surface area contributed by atoms with Gasteiger partial charge in [0, 0.05) is 6.42 Å². The van der Waals surface area contributed by atoms with Crippen molar-refractivity contribution < 1.29 is 14.6 Å². The van der Waals surface area contributed by atoms with E-state index in [0.717, 1.165) is 0 Å². The van der Waals surface area contributed by atoms with Gasteiger partial charge in [0.05, 0.1) is 12.2 Å². The van der Waals surface area contributed by atoms with E-state index in [1.165, 1.54) is 0 Å². The Labute approximate surface area is 60.0 Å². The van der Waals surface area contributed by atoms with E-state index < -0.39 is 11.7 Å². The van der Waals surface area contributed by atoms with Crippen LogP contribution in [0.5, 0.6) is 0 Å². The monoisotopic (exact) mass is 144 g/mol. The molecule has 0 saturated carbocycles. The summed E-state index contributed by atoms with van der Waals surface area (Å²) in [5, 5.41) is 9.23. The van der Waals surface area contributed by atoms with E-state index in [2.05, 4.69) is 0 Å². The third kappa shape index (κ3) is 1.20. The molecule has 1 aliphatic rings. The summed E-state index contributed by atoms with van der Waals surface area (Å²) >= 11 is 0. The molecule has 0 aromatic carbocycles. The average molecular weight is 144 g/mol. The SMILES string of the molecule is CC1(C)OCCC(=O)C1O. The van der Waals surface area contributed by atoms with Crippen LogP contribution in [0.4, 0.5) is 0 Å². The van der Waals surface area contributed by atoms with Crippen LogP contribution in [0.3, 0.4) is 0 Å². The molecule has 1 fully saturated rings. The van der Waals surface area contributed by atoms with Crippen molar-refractivity contribution in [3.63, 3.8) is 0 Å². The minimum absolute atomic E-state index is 0.115. The number of ether oxygens (including phenoxy) is 1. The summed E-state index contributed by atoms with van der Waals surface area (Å²) in [6, 6.07) is 0. The topological polar surface area (TPSA) is 46.5 Å². The van der Waals surface area contributed by atoms with E-state index >= 15 is 0 Å². The smallest absolute Gasteiger partial charge is 0.166 e. The number of hydrogen-bond donors (Lipinski definition) is 1. The Morgan fingerprint density at radius 1 is 1.70 bits per heavy atom. The lowest BCUT2D eigenvalue weighted by atomic mass is 9.94. The van der Waals surface area contributed by atoms with E-state index in [0.29, 0.717) is 13.0 Å². The van der Waals surface area contributed by atoms with Crippen LogP contribution < -0.4 is 0 Å². The quantitative estimate of drug-likeness (QED) is 0.525. The molecule has 0 bridgehead atoms. The first-order valence-electron chi connectivity index (χ1n) is 3.39. The third-order valence-corrected chi connectivity index (χ3v) is 1.79. The number of hydrogen-bond acceptors (Lipinski definition) is 3. The van der Waals surface area contributed by atoms with E-state index in [9.17, 15) is 9.90 Å². The Balaban J connectivity index is 2.69. The molecule has 0 amide bonds. The van der Waals surface area contributed by atoms with E-state index in [1.807, 2.05) is 0 Å². The van der Waals surface area contributed by atoms with Gasteiger partial charge in [-0.15, -0.1) is 0 Å². The first-order chi connectivity index (χ1) is 4.54. The number of ketones is 1. The third-order valence-electron chi connectivity index (χ3n) is 1.79. The van der Waals surface area contributed by atoms with Crippen LogP contribution in [0.25, 0.3) is 0 Å². The van der Waals surface area contributed by atoms with E-state index in [-0.39, 0.29) is 5.78 Å². The molecule has 1 saturated heterocycles. The average Bonchev–Trinajstić information content (AvgIpc) is 1.83. The van der Waals surface area contributed by atoms with Crippen molar-refractivity contribution in [1.82, 2.24) is 0 Å². The summed E-state index contributed by atoms with van der Waals surface area (Å²) in [6.45, 7) is 3.87. The van der Waals surface area contributed by atoms with Gasteiger partial charge < -0.3 is 9.84 Å². The first-order valence-corrected chi connectivity index (χ1v) is 3.39. The van der Waals surface area contributed by atoms with Gasteiger partial charge in [0.15, 0.2) is 5.78 Å². The molecule has 3 nitrogen and oxygen atoms in total. The van der Waals surface area contributed by atoms with Gasteiger partial charge in [-0.05, 0) is 13.8 Å². The summed E-state index contributed by atoms with van der Waals surface area (Å²) in [4.78, 5) is 10.9. The zero-order valence-electron chi connectivity index (χ0n) is 6.26. The summed E-state index contributed by atoms with van der Waals surface area (Å²) in [5.74, 6) is -0.115. The van der Waals surface area contributed by atoms with Crippen LogP contribution in [-0.4, -0.2) is 29.2 Å². The summed E-state index contributed by atoms with van der Waals surface area (Å²) in [6.07, 6.45) is -0.605. The summed E-state index contributed by atoms with van der Waals surface area (Å²) < 4.78 is 5.18. The summed E-state index contributed by atoms with van der Waals surface area (Å²) in [7, 11) is 0. The van der Waals surface area contributed by atoms with Crippen molar-refractivity contribution in [2.75, 3.05) is 6.61 Å². The molecule has 1 N–H and O–H groups in total. The minimum atomic E-state index is -0.943. The molecule has 0 spiro atoms. The van der Waals surface area contributed by atoms with Crippen LogP contribution in [0.1, 0.15) is 20.3 Å². The maximum Gasteiger partial charge on any atom is 0.166 e. The Morgan fingerprint density at radius 3 is 2.70 bits per heavy atom. The van der Waals surface area contributed by atoms with Crippen LogP contribution >= 0.6 is 0 Å². The minimum Gasteiger partial charge on any atom is -0.382 e. The Hall–Kier alpha value is -0.410. The number of carbonyl (C=O) groups is 1. The summed E-state index contributed by atoms with van der Waals surface area (Å²) in [5.41, 5.74) is -0.685. The van der Waals surface area contributed by atoms with Crippen LogP contribution in [0.15, 0.2) is 0 Å². The molecule has 1 atom stereocenters. The normalized spacial score (nSPS) is 32.3. The Kier molecular flexibility index (Phi) is 1.79. The zero-order chi connectivity index (χ0) is 7.78.